The average Bonchev–Trinajstić information content (AvgIpc) is 2.59. The number of nitrogens with zero attached hydrogens (tertiary/aromatic N) is 1. The lowest BCUT2D eigenvalue weighted by Gasteiger charge is -2.17. The molecule has 2 aromatic rings. The number of nitriles is 1. The van der Waals surface area contributed by atoms with Gasteiger partial charge in [-0.25, -0.2) is 0 Å². The molecule has 2 aromatic carbocycles. The highest BCUT2D eigenvalue weighted by Crippen LogP contribution is 2.40. The molecule has 0 heterocycles. The standard InChI is InChI=1S/C18H20N2O3/c1-12-5-6-13(10-19)9-15(12)20-11-14-7-8-16(21-2)18(23-4)17(14)22-3/h5-9,20H,11H2,1-4H3. The Morgan fingerprint density at radius 1 is 1.00 bits per heavy atom. The second kappa shape index (κ2) is 7.41. The summed E-state index contributed by atoms with van der Waals surface area (Å²) in [6.45, 7) is 2.54. The number of methoxy groups -OCH3 is 3. The van der Waals surface area contributed by atoms with E-state index in [0.717, 1.165) is 16.8 Å². The molecule has 0 fully saturated rings. The van der Waals surface area contributed by atoms with Crippen LogP contribution in [0.5, 0.6) is 17.2 Å². The van der Waals surface area contributed by atoms with Crippen molar-refractivity contribution in [2.75, 3.05) is 26.6 Å². The lowest BCUT2D eigenvalue weighted by atomic mass is 10.1. The first kappa shape index (κ1) is 16.5. The van der Waals surface area contributed by atoms with Crippen LogP contribution in [0, 0.1) is 18.3 Å². The molecule has 0 radical (unpaired) electrons. The van der Waals surface area contributed by atoms with E-state index >= 15 is 0 Å². The highest BCUT2D eigenvalue weighted by Gasteiger charge is 2.15. The molecular formula is C18H20N2O3. The van der Waals surface area contributed by atoms with Crippen LogP contribution in [0.25, 0.3) is 0 Å². The van der Waals surface area contributed by atoms with Gasteiger partial charge in [0.15, 0.2) is 11.5 Å². The van der Waals surface area contributed by atoms with Crippen molar-refractivity contribution in [3.05, 3.63) is 47.0 Å². The molecule has 5 nitrogen and oxygen atoms in total. The quantitative estimate of drug-likeness (QED) is 0.884. The average molecular weight is 312 g/mol. The predicted molar refractivity (Wildman–Crippen MR) is 89.3 cm³/mol. The maximum Gasteiger partial charge on any atom is 0.203 e. The largest absolute Gasteiger partial charge is 0.493 e. The van der Waals surface area contributed by atoms with E-state index in [0.29, 0.717) is 29.4 Å². The third kappa shape index (κ3) is 3.49. The van der Waals surface area contributed by atoms with Gasteiger partial charge in [0.2, 0.25) is 5.75 Å². The number of hydrogen-bond acceptors (Lipinski definition) is 5. The molecule has 0 spiro atoms. The normalized spacial score (nSPS) is 9.87. The van der Waals surface area contributed by atoms with Gasteiger partial charge < -0.3 is 19.5 Å². The maximum absolute atomic E-state index is 9.02. The Morgan fingerprint density at radius 2 is 1.74 bits per heavy atom. The van der Waals surface area contributed by atoms with Crippen molar-refractivity contribution in [3.8, 4) is 23.3 Å². The topological polar surface area (TPSA) is 63.5 Å². The van der Waals surface area contributed by atoms with E-state index in [1.165, 1.54) is 0 Å². The number of hydrogen-bond donors (Lipinski definition) is 1. The molecule has 0 aromatic heterocycles. The van der Waals surface area contributed by atoms with Gasteiger partial charge in [-0.3, -0.25) is 0 Å². The van der Waals surface area contributed by atoms with Crippen LogP contribution in [0.4, 0.5) is 5.69 Å². The fourth-order valence-electron chi connectivity index (χ4n) is 2.37. The van der Waals surface area contributed by atoms with Crippen LogP contribution in [0.1, 0.15) is 16.7 Å². The van der Waals surface area contributed by atoms with Crippen molar-refractivity contribution in [3.63, 3.8) is 0 Å². The zero-order valence-electron chi connectivity index (χ0n) is 13.8. The minimum Gasteiger partial charge on any atom is -0.493 e. The molecule has 0 aliphatic carbocycles. The van der Waals surface area contributed by atoms with Gasteiger partial charge in [0.05, 0.1) is 33.0 Å². The fourth-order valence-corrected chi connectivity index (χ4v) is 2.37. The molecule has 0 unspecified atom stereocenters. The number of benzene rings is 2. The minimum absolute atomic E-state index is 0.541. The number of anilines is 1. The first-order chi connectivity index (χ1) is 11.1. The Hall–Kier alpha value is -2.87. The Balaban J connectivity index is 2.29. The lowest BCUT2D eigenvalue weighted by molar-refractivity contribution is 0.322. The van der Waals surface area contributed by atoms with Crippen LogP contribution in [-0.2, 0) is 6.54 Å². The van der Waals surface area contributed by atoms with E-state index in [-0.39, 0.29) is 0 Å². The molecule has 0 saturated carbocycles. The first-order valence-electron chi connectivity index (χ1n) is 7.17. The SMILES string of the molecule is COc1ccc(CNc2cc(C#N)ccc2C)c(OC)c1OC. The lowest BCUT2D eigenvalue weighted by Crippen LogP contribution is -2.05. The molecule has 0 bridgehead atoms. The molecular weight excluding hydrogens is 292 g/mol. The third-order valence-corrected chi connectivity index (χ3v) is 3.62. The van der Waals surface area contributed by atoms with E-state index in [4.69, 9.17) is 19.5 Å². The summed E-state index contributed by atoms with van der Waals surface area (Å²) in [6, 6.07) is 11.5. The molecule has 23 heavy (non-hydrogen) atoms. The van der Waals surface area contributed by atoms with Crippen molar-refractivity contribution in [2.24, 2.45) is 0 Å². The van der Waals surface area contributed by atoms with Crippen LogP contribution in [0.3, 0.4) is 0 Å². The Morgan fingerprint density at radius 3 is 2.35 bits per heavy atom. The smallest absolute Gasteiger partial charge is 0.203 e. The van der Waals surface area contributed by atoms with Gasteiger partial charge in [0.25, 0.3) is 0 Å². The summed E-state index contributed by atoms with van der Waals surface area (Å²) >= 11 is 0. The monoisotopic (exact) mass is 312 g/mol. The van der Waals surface area contributed by atoms with Gasteiger partial charge in [-0.15, -0.1) is 0 Å². The van der Waals surface area contributed by atoms with Gasteiger partial charge >= 0.3 is 0 Å². The molecule has 0 aliphatic rings. The zero-order valence-corrected chi connectivity index (χ0v) is 13.8. The van der Waals surface area contributed by atoms with Crippen molar-refractivity contribution in [2.45, 2.75) is 13.5 Å². The van der Waals surface area contributed by atoms with Gasteiger partial charge in [-0.05, 0) is 36.8 Å². The molecule has 1 N–H and O–H groups in total. The number of rotatable bonds is 6. The third-order valence-electron chi connectivity index (χ3n) is 3.62. The summed E-state index contributed by atoms with van der Waals surface area (Å²) in [5.41, 5.74) is 3.55. The van der Waals surface area contributed by atoms with E-state index < -0.39 is 0 Å². The molecule has 5 heteroatoms. The van der Waals surface area contributed by atoms with Crippen molar-refractivity contribution in [1.82, 2.24) is 0 Å². The van der Waals surface area contributed by atoms with E-state index in [9.17, 15) is 0 Å². The first-order valence-corrected chi connectivity index (χ1v) is 7.17. The Labute approximate surface area is 136 Å². The zero-order chi connectivity index (χ0) is 16.8. The van der Waals surface area contributed by atoms with Gasteiger partial charge in [0.1, 0.15) is 0 Å². The maximum atomic E-state index is 9.02. The molecule has 0 saturated heterocycles. The Bertz CT molecular complexity index is 736. The summed E-state index contributed by atoms with van der Waals surface area (Å²) < 4.78 is 16.2. The van der Waals surface area contributed by atoms with Crippen LogP contribution in [-0.4, -0.2) is 21.3 Å². The predicted octanol–water partition coefficient (Wildman–Crippen LogP) is 3.50. The molecule has 2 rings (SSSR count). The second-order valence-electron chi connectivity index (χ2n) is 4.99. The summed E-state index contributed by atoms with van der Waals surface area (Å²) in [5.74, 6) is 1.82. The molecule has 120 valence electrons. The molecule has 0 aliphatic heterocycles. The van der Waals surface area contributed by atoms with Crippen LogP contribution >= 0.6 is 0 Å². The highest BCUT2D eigenvalue weighted by atomic mass is 16.5. The Kier molecular flexibility index (Phi) is 5.32. The van der Waals surface area contributed by atoms with Crippen molar-refractivity contribution >= 4 is 5.69 Å². The fraction of sp³-hybridized carbons (Fsp3) is 0.278. The van der Waals surface area contributed by atoms with E-state index in [1.54, 1.807) is 27.4 Å². The number of aryl methyl sites for hydroxylation is 1. The van der Waals surface area contributed by atoms with Crippen LogP contribution in [0.2, 0.25) is 0 Å². The summed E-state index contributed by atoms with van der Waals surface area (Å²) in [4.78, 5) is 0. The van der Waals surface area contributed by atoms with Gasteiger partial charge in [-0.2, -0.15) is 5.26 Å². The highest BCUT2D eigenvalue weighted by molar-refractivity contribution is 5.59. The summed E-state index contributed by atoms with van der Waals surface area (Å²) in [7, 11) is 4.77. The molecule has 0 atom stereocenters. The van der Waals surface area contributed by atoms with Gasteiger partial charge in [-0.1, -0.05) is 6.07 Å². The van der Waals surface area contributed by atoms with E-state index in [2.05, 4.69) is 11.4 Å². The number of ether oxygens (including phenoxy) is 3. The minimum atomic E-state index is 0.541. The van der Waals surface area contributed by atoms with Crippen LogP contribution < -0.4 is 19.5 Å². The van der Waals surface area contributed by atoms with Gasteiger partial charge in [0, 0.05) is 17.8 Å². The second-order valence-corrected chi connectivity index (χ2v) is 4.99. The number of nitrogens with one attached hydrogen (secondary N) is 1. The molecule has 0 amide bonds. The van der Waals surface area contributed by atoms with Crippen molar-refractivity contribution < 1.29 is 14.2 Å². The van der Waals surface area contributed by atoms with Crippen LogP contribution in [0.15, 0.2) is 30.3 Å². The summed E-state index contributed by atoms with van der Waals surface area (Å²) in [5, 5.41) is 12.4. The van der Waals surface area contributed by atoms with E-state index in [1.807, 2.05) is 31.2 Å². The summed E-state index contributed by atoms with van der Waals surface area (Å²) in [6.07, 6.45) is 0. The van der Waals surface area contributed by atoms with Crippen molar-refractivity contribution in [1.29, 1.82) is 5.26 Å².